The summed E-state index contributed by atoms with van der Waals surface area (Å²) in [6, 6.07) is 17.1. The number of aryl methyl sites for hydroxylation is 1. The molecule has 2 heterocycles. The SMILES string of the molecule is O=C(COc1ccccc1-c1ccc(F)cc1O)N1CCC(CCc2ccc3c(c2)OCO3)CC1. The second kappa shape index (κ2) is 10.3. The first kappa shape index (κ1) is 23.0. The van der Waals surface area contributed by atoms with E-state index in [-0.39, 0.29) is 25.1 Å². The van der Waals surface area contributed by atoms with Crippen molar-refractivity contribution in [2.75, 3.05) is 26.5 Å². The molecule has 2 aliphatic heterocycles. The molecule has 182 valence electrons. The Bertz CT molecular complexity index is 1210. The van der Waals surface area contributed by atoms with E-state index in [4.69, 9.17) is 14.2 Å². The highest BCUT2D eigenvalue weighted by molar-refractivity contribution is 5.79. The smallest absolute Gasteiger partial charge is 0.260 e. The molecule has 0 aromatic heterocycles. The van der Waals surface area contributed by atoms with E-state index in [1.807, 2.05) is 11.0 Å². The van der Waals surface area contributed by atoms with Crippen LogP contribution in [0.25, 0.3) is 11.1 Å². The molecular formula is C28H28FNO5. The lowest BCUT2D eigenvalue weighted by atomic mass is 9.90. The maximum Gasteiger partial charge on any atom is 0.260 e. The van der Waals surface area contributed by atoms with Crippen LogP contribution in [-0.4, -0.2) is 42.4 Å². The number of fused-ring (bicyclic) bond motifs is 1. The summed E-state index contributed by atoms with van der Waals surface area (Å²) in [6.45, 7) is 1.64. The number of phenolic OH excluding ortho intramolecular Hbond substituents is 1. The Morgan fingerprint density at radius 1 is 1.00 bits per heavy atom. The van der Waals surface area contributed by atoms with Gasteiger partial charge in [0.15, 0.2) is 18.1 Å². The highest BCUT2D eigenvalue weighted by atomic mass is 19.1. The van der Waals surface area contributed by atoms with Gasteiger partial charge in [-0.3, -0.25) is 4.79 Å². The first-order valence-corrected chi connectivity index (χ1v) is 11.9. The van der Waals surface area contributed by atoms with Crippen LogP contribution in [0.5, 0.6) is 23.0 Å². The number of nitrogens with zero attached hydrogens (tertiary/aromatic N) is 1. The second-order valence-corrected chi connectivity index (χ2v) is 9.00. The molecule has 1 saturated heterocycles. The highest BCUT2D eigenvalue weighted by Gasteiger charge is 2.24. The van der Waals surface area contributed by atoms with Crippen LogP contribution in [0.2, 0.25) is 0 Å². The number of carbonyl (C=O) groups is 1. The molecule has 0 radical (unpaired) electrons. The van der Waals surface area contributed by atoms with Gasteiger partial charge in [-0.05, 0) is 67.5 Å². The third-order valence-corrected chi connectivity index (χ3v) is 6.73. The predicted molar refractivity (Wildman–Crippen MR) is 129 cm³/mol. The fourth-order valence-electron chi connectivity index (χ4n) is 4.72. The zero-order chi connectivity index (χ0) is 24.2. The number of halogens is 1. The van der Waals surface area contributed by atoms with E-state index in [0.717, 1.165) is 43.2 Å². The Balaban J connectivity index is 1.11. The van der Waals surface area contributed by atoms with Gasteiger partial charge in [-0.25, -0.2) is 4.39 Å². The van der Waals surface area contributed by atoms with Crippen molar-refractivity contribution in [1.29, 1.82) is 0 Å². The van der Waals surface area contributed by atoms with Gasteiger partial charge >= 0.3 is 0 Å². The van der Waals surface area contributed by atoms with Crippen LogP contribution in [0.15, 0.2) is 60.7 Å². The fourth-order valence-corrected chi connectivity index (χ4v) is 4.72. The minimum Gasteiger partial charge on any atom is -0.507 e. The molecule has 1 amide bonds. The van der Waals surface area contributed by atoms with Crippen molar-refractivity contribution in [3.63, 3.8) is 0 Å². The summed E-state index contributed by atoms with van der Waals surface area (Å²) in [5.41, 5.74) is 2.31. The van der Waals surface area contributed by atoms with Crippen molar-refractivity contribution in [1.82, 2.24) is 4.90 Å². The average molecular weight is 478 g/mol. The third kappa shape index (κ3) is 5.34. The molecular weight excluding hydrogens is 449 g/mol. The van der Waals surface area contributed by atoms with Crippen molar-refractivity contribution in [2.45, 2.75) is 25.7 Å². The molecule has 1 fully saturated rings. The molecule has 6 nitrogen and oxygen atoms in total. The molecule has 3 aromatic rings. The van der Waals surface area contributed by atoms with Crippen molar-refractivity contribution in [3.05, 3.63) is 72.0 Å². The number of carbonyl (C=O) groups excluding carboxylic acids is 1. The number of ether oxygens (including phenoxy) is 3. The number of phenols is 1. The van der Waals surface area contributed by atoms with Crippen LogP contribution in [0.3, 0.4) is 0 Å². The monoisotopic (exact) mass is 477 g/mol. The average Bonchev–Trinajstić information content (AvgIpc) is 3.35. The largest absolute Gasteiger partial charge is 0.507 e. The molecule has 0 bridgehead atoms. The number of benzene rings is 3. The maximum absolute atomic E-state index is 13.4. The number of aromatic hydroxyl groups is 1. The highest BCUT2D eigenvalue weighted by Crippen LogP contribution is 2.36. The lowest BCUT2D eigenvalue weighted by Crippen LogP contribution is -2.41. The summed E-state index contributed by atoms with van der Waals surface area (Å²) < 4.78 is 30.1. The van der Waals surface area contributed by atoms with Crippen molar-refractivity contribution < 1.29 is 28.5 Å². The van der Waals surface area contributed by atoms with Gasteiger partial charge < -0.3 is 24.2 Å². The Kier molecular flexibility index (Phi) is 6.75. The minimum atomic E-state index is -0.515. The van der Waals surface area contributed by atoms with Crippen molar-refractivity contribution in [3.8, 4) is 34.1 Å². The van der Waals surface area contributed by atoms with Gasteiger partial charge in [0.25, 0.3) is 5.91 Å². The fraction of sp³-hybridized carbons (Fsp3) is 0.321. The molecule has 0 aliphatic carbocycles. The van der Waals surface area contributed by atoms with E-state index in [1.54, 1.807) is 24.3 Å². The topological polar surface area (TPSA) is 68.2 Å². The molecule has 5 rings (SSSR count). The minimum absolute atomic E-state index is 0.0580. The Labute approximate surface area is 203 Å². The first-order chi connectivity index (χ1) is 17.1. The number of para-hydroxylation sites is 1. The van der Waals surface area contributed by atoms with E-state index in [9.17, 15) is 14.3 Å². The lowest BCUT2D eigenvalue weighted by Gasteiger charge is -2.32. The van der Waals surface area contributed by atoms with Gasteiger partial charge in [-0.15, -0.1) is 0 Å². The summed E-state index contributed by atoms with van der Waals surface area (Å²) in [5, 5.41) is 10.2. The van der Waals surface area contributed by atoms with Gasteiger partial charge in [-0.1, -0.05) is 24.3 Å². The van der Waals surface area contributed by atoms with Crippen LogP contribution in [-0.2, 0) is 11.2 Å². The van der Waals surface area contributed by atoms with E-state index >= 15 is 0 Å². The van der Waals surface area contributed by atoms with Gasteiger partial charge in [0.05, 0.1) is 0 Å². The van der Waals surface area contributed by atoms with Crippen LogP contribution in [0.4, 0.5) is 4.39 Å². The standard InChI is InChI=1S/C28H28FNO5/c29-21-8-9-22(24(31)16-21)23-3-1-2-4-25(23)33-17-28(32)30-13-11-19(12-14-30)5-6-20-7-10-26-27(15-20)35-18-34-26/h1-4,7-10,15-16,19,31H,5-6,11-14,17-18H2. The molecule has 0 spiro atoms. The number of rotatable bonds is 7. The summed E-state index contributed by atoms with van der Waals surface area (Å²) >= 11 is 0. The molecule has 35 heavy (non-hydrogen) atoms. The van der Waals surface area contributed by atoms with E-state index < -0.39 is 5.82 Å². The number of hydrogen-bond donors (Lipinski definition) is 1. The zero-order valence-corrected chi connectivity index (χ0v) is 19.4. The van der Waals surface area contributed by atoms with E-state index in [1.165, 1.54) is 17.7 Å². The van der Waals surface area contributed by atoms with Crippen molar-refractivity contribution >= 4 is 5.91 Å². The number of hydrogen-bond acceptors (Lipinski definition) is 5. The van der Waals surface area contributed by atoms with Crippen LogP contribution in [0, 0.1) is 11.7 Å². The lowest BCUT2D eigenvalue weighted by molar-refractivity contribution is -0.134. The van der Waals surface area contributed by atoms with Crippen LogP contribution < -0.4 is 14.2 Å². The quantitative estimate of drug-likeness (QED) is 0.508. The molecule has 7 heteroatoms. The summed E-state index contributed by atoms with van der Waals surface area (Å²) in [5.74, 6) is 1.93. The van der Waals surface area contributed by atoms with Crippen molar-refractivity contribution in [2.24, 2.45) is 5.92 Å². The zero-order valence-electron chi connectivity index (χ0n) is 19.4. The van der Waals surface area contributed by atoms with Crippen LogP contribution in [0.1, 0.15) is 24.8 Å². The van der Waals surface area contributed by atoms with E-state index in [2.05, 4.69) is 12.1 Å². The number of likely N-dealkylation sites (tertiary alicyclic amines) is 1. The normalized spacial score (nSPS) is 15.3. The summed E-state index contributed by atoms with van der Waals surface area (Å²) in [4.78, 5) is 14.7. The maximum atomic E-state index is 13.4. The van der Waals surface area contributed by atoms with E-state index in [0.29, 0.717) is 35.9 Å². The second-order valence-electron chi connectivity index (χ2n) is 9.00. The Hall–Kier alpha value is -3.74. The van der Waals surface area contributed by atoms with Crippen LogP contribution >= 0.6 is 0 Å². The third-order valence-electron chi connectivity index (χ3n) is 6.73. The molecule has 0 unspecified atom stereocenters. The first-order valence-electron chi connectivity index (χ1n) is 11.9. The number of amides is 1. The van der Waals surface area contributed by atoms with Gasteiger partial charge in [-0.2, -0.15) is 0 Å². The summed E-state index contributed by atoms with van der Waals surface area (Å²) in [7, 11) is 0. The molecule has 0 atom stereocenters. The molecule has 0 saturated carbocycles. The Morgan fingerprint density at radius 2 is 1.80 bits per heavy atom. The number of piperidine rings is 1. The van der Waals surface area contributed by atoms with Gasteiger partial charge in [0.1, 0.15) is 17.3 Å². The van der Waals surface area contributed by atoms with Gasteiger partial charge in [0.2, 0.25) is 6.79 Å². The summed E-state index contributed by atoms with van der Waals surface area (Å²) in [6.07, 6.45) is 3.99. The Morgan fingerprint density at radius 3 is 2.63 bits per heavy atom. The predicted octanol–water partition coefficient (Wildman–Crippen LogP) is 5.18. The van der Waals surface area contributed by atoms with Gasteiger partial charge in [0, 0.05) is 30.3 Å². The molecule has 3 aromatic carbocycles. The molecule has 2 aliphatic rings. The molecule has 1 N–H and O–H groups in total.